The van der Waals surface area contributed by atoms with E-state index in [9.17, 15) is 17.2 Å². The van der Waals surface area contributed by atoms with Crippen LogP contribution in [0.4, 0.5) is 26.1 Å². The Balaban J connectivity index is 1.44. The number of halogens is 3. The Hall–Kier alpha value is -3.42. The van der Waals surface area contributed by atoms with Gasteiger partial charge in [0, 0.05) is 49.8 Å². The van der Waals surface area contributed by atoms with Gasteiger partial charge in [-0.2, -0.15) is 18.2 Å². The number of hydrogen-bond acceptors (Lipinski definition) is 8. The summed E-state index contributed by atoms with van der Waals surface area (Å²) in [5, 5.41) is 8.62. The van der Waals surface area contributed by atoms with Crippen molar-refractivity contribution < 1.29 is 17.2 Å². The Morgan fingerprint density at radius 2 is 1.87 bits per heavy atom. The van der Waals surface area contributed by atoms with E-state index >= 15 is 0 Å². The third-order valence-corrected chi connectivity index (χ3v) is 8.44. The summed E-state index contributed by atoms with van der Waals surface area (Å²) in [6, 6.07) is 7.65. The quantitative estimate of drug-likeness (QED) is 0.316. The van der Waals surface area contributed by atoms with Crippen LogP contribution in [0.15, 0.2) is 42.9 Å². The van der Waals surface area contributed by atoms with Gasteiger partial charge in [0.25, 0.3) is 0 Å². The molecule has 0 atom stereocenters. The van der Waals surface area contributed by atoms with E-state index in [1.807, 2.05) is 6.07 Å². The number of anilines is 3. The van der Waals surface area contributed by atoms with Crippen molar-refractivity contribution in [2.24, 2.45) is 0 Å². The number of benzene rings is 1. The minimum atomic E-state index is -3.26. The average Bonchev–Trinajstić information content (AvgIpc) is 3.24. The third-order valence-electron chi connectivity index (χ3n) is 6.81. The monoisotopic (exact) mass is 576 g/mol. The molecule has 0 amide bonds. The van der Waals surface area contributed by atoms with Gasteiger partial charge in [-0.05, 0) is 35.1 Å². The molecule has 3 aromatic heterocycles. The summed E-state index contributed by atoms with van der Waals surface area (Å²) in [7, 11) is -1.65. The first-order chi connectivity index (χ1) is 18.4. The normalized spacial score (nSPS) is 14.6. The van der Waals surface area contributed by atoms with E-state index < -0.39 is 16.6 Å². The van der Waals surface area contributed by atoms with E-state index in [0.717, 1.165) is 28.2 Å². The van der Waals surface area contributed by atoms with Gasteiger partial charge >= 0.3 is 6.55 Å². The first-order valence-electron chi connectivity index (χ1n) is 12.2. The van der Waals surface area contributed by atoms with Gasteiger partial charge in [0.05, 0.1) is 17.9 Å². The number of pyridine rings is 1. The number of rotatable bonds is 8. The molecule has 0 bridgehead atoms. The fourth-order valence-corrected chi connectivity index (χ4v) is 5.45. The van der Waals surface area contributed by atoms with Crippen LogP contribution >= 0.6 is 11.6 Å². The maximum atomic E-state index is 13.0. The molecule has 39 heavy (non-hydrogen) atoms. The maximum Gasteiger partial charge on any atom is 0.333 e. The fourth-order valence-electron chi connectivity index (χ4n) is 4.56. The highest BCUT2D eigenvalue weighted by molar-refractivity contribution is 7.88. The molecule has 0 unspecified atom stereocenters. The minimum Gasteiger partial charge on any atom is -0.368 e. The summed E-state index contributed by atoms with van der Waals surface area (Å²) < 4.78 is 51.7. The number of sulfonamides is 1. The Bertz CT molecular complexity index is 1640. The van der Waals surface area contributed by atoms with Gasteiger partial charge in [0.15, 0.2) is 11.0 Å². The summed E-state index contributed by atoms with van der Waals surface area (Å²) in [4.78, 5) is 15.3. The highest BCUT2D eigenvalue weighted by Gasteiger charge is 2.35. The zero-order valence-electron chi connectivity index (χ0n) is 21.7. The van der Waals surface area contributed by atoms with Gasteiger partial charge in [-0.3, -0.25) is 0 Å². The van der Waals surface area contributed by atoms with Crippen LogP contribution in [-0.4, -0.2) is 69.9 Å². The molecule has 14 heteroatoms. The molecular formula is C25H27ClF2N8O2S. The standard InChI is InChI=1S/C25H27ClF2N8O2S/c1-14(2)16-5-6-20(35-11-15(12-35)34(3)39(4,37)38)18-10-30-22(9-17(16)18)31-21-7-8-29-24(32-21)19-13-36(25(27)28)33-23(19)26/h5-10,13-15,25H,11-12H2,1-4H3,(H,29,30,31,32). The molecule has 4 heterocycles. The molecule has 1 aliphatic heterocycles. The van der Waals surface area contributed by atoms with Crippen molar-refractivity contribution in [3.8, 4) is 11.4 Å². The van der Waals surface area contributed by atoms with Crippen LogP contribution in [0.25, 0.3) is 22.2 Å². The molecule has 206 valence electrons. The third kappa shape index (κ3) is 5.38. The minimum absolute atomic E-state index is 0.0815. The van der Waals surface area contributed by atoms with Gasteiger partial charge in [0.1, 0.15) is 11.6 Å². The summed E-state index contributed by atoms with van der Waals surface area (Å²) >= 11 is 6.04. The second-order valence-corrected chi connectivity index (χ2v) is 12.2. The molecule has 1 saturated heterocycles. The molecule has 0 spiro atoms. The van der Waals surface area contributed by atoms with Crippen molar-refractivity contribution >= 4 is 49.7 Å². The molecular weight excluding hydrogens is 550 g/mol. The van der Waals surface area contributed by atoms with Crippen LogP contribution in [0.2, 0.25) is 5.15 Å². The van der Waals surface area contributed by atoms with E-state index in [4.69, 9.17) is 11.6 Å². The summed E-state index contributed by atoms with van der Waals surface area (Å²) in [5.41, 5.74) is 2.31. The van der Waals surface area contributed by atoms with E-state index in [-0.39, 0.29) is 28.5 Å². The van der Waals surface area contributed by atoms with Crippen molar-refractivity contribution in [2.45, 2.75) is 32.4 Å². The SMILES string of the molecule is CC(C)c1ccc(N2CC(N(C)S(C)(=O)=O)C2)c2cnc(Nc3ccnc(-c4cn(C(F)F)nc4Cl)n3)cc12. The highest BCUT2D eigenvalue weighted by atomic mass is 35.5. The number of likely N-dealkylation sites (N-methyl/N-ethyl adjacent to an activating group) is 1. The smallest absolute Gasteiger partial charge is 0.333 e. The Morgan fingerprint density at radius 1 is 1.13 bits per heavy atom. The summed E-state index contributed by atoms with van der Waals surface area (Å²) in [5.74, 6) is 1.34. The van der Waals surface area contributed by atoms with Gasteiger partial charge in [-0.15, -0.1) is 0 Å². The number of nitrogens with zero attached hydrogens (tertiary/aromatic N) is 7. The molecule has 0 radical (unpaired) electrons. The zero-order valence-corrected chi connectivity index (χ0v) is 23.2. The average molecular weight is 577 g/mol. The maximum absolute atomic E-state index is 13.0. The first kappa shape index (κ1) is 27.2. The van der Waals surface area contributed by atoms with Crippen molar-refractivity contribution in [3.63, 3.8) is 0 Å². The van der Waals surface area contributed by atoms with Crippen LogP contribution in [0, 0.1) is 0 Å². The van der Waals surface area contributed by atoms with Gasteiger partial charge in [-0.25, -0.2) is 28.1 Å². The van der Waals surface area contributed by atoms with Crippen molar-refractivity contribution in [2.75, 3.05) is 36.6 Å². The lowest BCUT2D eigenvalue weighted by atomic mass is 9.94. The van der Waals surface area contributed by atoms with Crippen molar-refractivity contribution in [1.29, 1.82) is 0 Å². The van der Waals surface area contributed by atoms with Crippen molar-refractivity contribution in [1.82, 2.24) is 29.0 Å². The van der Waals surface area contributed by atoms with Gasteiger partial charge < -0.3 is 10.2 Å². The van der Waals surface area contributed by atoms with E-state index in [0.29, 0.717) is 29.4 Å². The molecule has 5 rings (SSSR count). The van der Waals surface area contributed by atoms with Crippen molar-refractivity contribution in [3.05, 3.63) is 53.6 Å². The Labute approximate surface area is 229 Å². The molecule has 1 aromatic carbocycles. The highest BCUT2D eigenvalue weighted by Crippen LogP contribution is 2.37. The van der Waals surface area contributed by atoms with Crippen LogP contribution < -0.4 is 10.2 Å². The van der Waals surface area contributed by atoms with Crippen LogP contribution in [-0.2, 0) is 10.0 Å². The van der Waals surface area contributed by atoms with Gasteiger partial charge in [0.2, 0.25) is 10.0 Å². The number of nitrogens with one attached hydrogen (secondary N) is 1. The number of alkyl halides is 2. The molecule has 0 aliphatic carbocycles. The Kier molecular flexibility index (Phi) is 7.16. The lowest BCUT2D eigenvalue weighted by Crippen LogP contribution is -2.59. The topological polar surface area (TPSA) is 109 Å². The predicted octanol–water partition coefficient (Wildman–Crippen LogP) is 4.88. The van der Waals surface area contributed by atoms with E-state index in [1.54, 1.807) is 19.3 Å². The van der Waals surface area contributed by atoms with E-state index in [1.165, 1.54) is 16.8 Å². The predicted molar refractivity (Wildman–Crippen MR) is 147 cm³/mol. The molecule has 1 fully saturated rings. The van der Waals surface area contributed by atoms with Crippen LogP contribution in [0.1, 0.15) is 31.9 Å². The van der Waals surface area contributed by atoms with Gasteiger partial charge in [-0.1, -0.05) is 31.5 Å². The molecule has 4 aromatic rings. The molecule has 1 N–H and O–H groups in total. The zero-order chi connectivity index (χ0) is 28.1. The second-order valence-electron chi connectivity index (χ2n) is 9.76. The fraction of sp³-hybridized carbons (Fsp3) is 0.360. The lowest BCUT2D eigenvalue weighted by Gasteiger charge is -2.44. The van der Waals surface area contributed by atoms with Crippen LogP contribution in [0.3, 0.4) is 0 Å². The number of hydrogen-bond donors (Lipinski definition) is 1. The molecule has 0 saturated carbocycles. The molecule has 1 aliphatic rings. The number of aromatic nitrogens is 5. The number of fused-ring (bicyclic) bond motifs is 1. The second kappa shape index (κ2) is 10.3. The lowest BCUT2D eigenvalue weighted by molar-refractivity contribution is 0.0567. The summed E-state index contributed by atoms with van der Waals surface area (Å²) in [6.07, 6.45) is 5.60. The van der Waals surface area contributed by atoms with E-state index in [2.05, 4.69) is 56.2 Å². The summed E-state index contributed by atoms with van der Waals surface area (Å²) in [6.45, 7) is 2.58. The van der Waals surface area contributed by atoms with Crippen LogP contribution in [0.5, 0.6) is 0 Å². The first-order valence-corrected chi connectivity index (χ1v) is 14.4. The molecule has 10 nitrogen and oxygen atoms in total. The Morgan fingerprint density at radius 3 is 2.51 bits per heavy atom. The largest absolute Gasteiger partial charge is 0.368 e.